The molecule has 0 rings (SSSR count). The van der Waals surface area contributed by atoms with E-state index in [2.05, 4.69) is 5.32 Å². The van der Waals surface area contributed by atoms with Crippen LogP contribution in [0.15, 0.2) is 0 Å². The van der Waals surface area contributed by atoms with Crippen molar-refractivity contribution >= 4 is 11.9 Å². The molecule has 16 heavy (non-hydrogen) atoms. The first-order valence-electron chi connectivity index (χ1n) is 5.28. The van der Waals surface area contributed by atoms with Gasteiger partial charge in [-0.1, -0.05) is 6.92 Å². The molecule has 0 radical (unpaired) electrons. The van der Waals surface area contributed by atoms with Gasteiger partial charge >= 0.3 is 5.97 Å². The minimum Gasteiger partial charge on any atom is -0.480 e. The summed E-state index contributed by atoms with van der Waals surface area (Å²) in [7, 11) is 0. The first kappa shape index (κ1) is 14.9. The molecule has 6 nitrogen and oxygen atoms in total. The molecule has 0 saturated carbocycles. The van der Waals surface area contributed by atoms with Gasteiger partial charge in [-0.05, 0) is 25.7 Å². The lowest BCUT2D eigenvalue weighted by molar-refractivity contribution is -0.139. The lowest BCUT2D eigenvalue weighted by atomic mass is 9.99. The molecular formula is C10H20N2O4. The number of rotatable bonds is 7. The van der Waals surface area contributed by atoms with Crippen LogP contribution in [0.5, 0.6) is 0 Å². The van der Waals surface area contributed by atoms with Crippen LogP contribution in [0.3, 0.4) is 0 Å². The van der Waals surface area contributed by atoms with Crippen LogP contribution in [0.25, 0.3) is 0 Å². The SMILES string of the molecule is CC(CCNC(=O)[C@H](C)O)C[C@H](N)C(=O)O. The number of aliphatic hydroxyl groups excluding tert-OH is 1. The van der Waals surface area contributed by atoms with Crippen LogP contribution < -0.4 is 11.1 Å². The zero-order valence-electron chi connectivity index (χ0n) is 9.64. The second-order valence-corrected chi connectivity index (χ2v) is 4.04. The highest BCUT2D eigenvalue weighted by Crippen LogP contribution is 2.08. The Morgan fingerprint density at radius 2 is 1.94 bits per heavy atom. The highest BCUT2D eigenvalue weighted by Gasteiger charge is 2.15. The maximum Gasteiger partial charge on any atom is 0.320 e. The molecule has 6 heteroatoms. The van der Waals surface area contributed by atoms with Gasteiger partial charge in [0.05, 0.1) is 0 Å². The van der Waals surface area contributed by atoms with Crippen molar-refractivity contribution in [3.05, 3.63) is 0 Å². The summed E-state index contributed by atoms with van der Waals surface area (Å²) in [6.45, 7) is 3.67. The smallest absolute Gasteiger partial charge is 0.320 e. The van der Waals surface area contributed by atoms with Crippen LogP contribution >= 0.6 is 0 Å². The fourth-order valence-corrected chi connectivity index (χ4v) is 1.24. The second-order valence-electron chi connectivity index (χ2n) is 4.04. The van der Waals surface area contributed by atoms with Gasteiger partial charge in [0, 0.05) is 6.54 Å². The fourth-order valence-electron chi connectivity index (χ4n) is 1.24. The van der Waals surface area contributed by atoms with E-state index in [0.717, 1.165) is 0 Å². The molecule has 0 aromatic rings. The maximum absolute atomic E-state index is 11.0. The van der Waals surface area contributed by atoms with Gasteiger partial charge in [-0.15, -0.1) is 0 Å². The van der Waals surface area contributed by atoms with E-state index in [1.165, 1.54) is 6.92 Å². The molecule has 5 N–H and O–H groups in total. The van der Waals surface area contributed by atoms with Gasteiger partial charge in [0.25, 0.3) is 0 Å². The molecule has 0 aromatic heterocycles. The Bertz CT molecular complexity index is 243. The second kappa shape index (κ2) is 7.19. The zero-order valence-corrected chi connectivity index (χ0v) is 9.64. The van der Waals surface area contributed by atoms with Gasteiger partial charge in [0.1, 0.15) is 12.1 Å². The van der Waals surface area contributed by atoms with Crippen molar-refractivity contribution in [1.29, 1.82) is 0 Å². The lowest BCUT2D eigenvalue weighted by Crippen LogP contribution is -2.35. The summed E-state index contributed by atoms with van der Waals surface area (Å²) < 4.78 is 0. The van der Waals surface area contributed by atoms with Crippen molar-refractivity contribution in [3.63, 3.8) is 0 Å². The summed E-state index contributed by atoms with van der Waals surface area (Å²) in [6, 6.07) is -0.859. The Hall–Kier alpha value is -1.14. The molecule has 1 unspecified atom stereocenters. The first-order valence-corrected chi connectivity index (χ1v) is 5.28. The van der Waals surface area contributed by atoms with Gasteiger partial charge in [0.2, 0.25) is 5.91 Å². The van der Waals surface area contributed by atoms with Crippen LogP contribution in [-0.4, -0.2) is 40.8 Å². The molecule has 94 valence electrons. The van der Waals surface area contributed by atoms with Crippen LogP contribution in [0.4, 0.5) is 0 Å². The van der Waals surface area contributed by atoms with E-state index < -0.39 is 24.0 Å². The molecular weight excluding hydrogens is 212 g/mol. The summed E-state index contributed by atoms with van der Waals surface area (Å²) in [5.41, 5.74) is 5.37. The third-order valence-corrected chi connectivity index (χ3v) is 2.29. The Morgan fingerprint density at radius 1 is 1.38 bits per heavy atom. The molecule has 0 heterocycles. The number of carboxylic acids is 1. The number of hydrogen-bond acceptors (Lipinski definition) is 4. The predicted molar refractivity (Wildman–Crippen MR) is 58.7 cm³/mol. The minimum absolute atomic E-state index is 0.111. The third-order valence-electron chi connectivity index (χ3n) is 2.29. The number of aliphatic carboxylic acids is 1. The Balaban J connectivity index is 3.70. The third kappa shape index (κ3) is 6.36. The largest absolute Gasteiger partial charge is 0.480 e. The Labute approximate surface area is 94.8 Å². The molecule has 0 aliphatic heterocycles. The number of nitrogens with two attached hydrogens (primary N) is 1. The van der Waals surface area contributed by atoms with Gasteiger partial charge < -0.3 is 21.3 Å². The first-order chi connectivity index (χ1) is 7.34. The lowest BCUT2D eigenvalue weighted by Gasteiger charge is -2.14. The topological polar surface area (TPSA) is 113 Å². The van der Waals surface area contributed by atoms with E-state index in [4.69, 9.17) is 15.9 Å². The number of carboxylic acid groups (broad SMARTS) is 1. The maximum atomic E-state index is 11.0. The van der Waals surface area contributed by atoms with E-state index in [0.29, 0.717) is 19.4 Å². The molecule has 0 aliphatic rings. The number of hydrogen-bond donors (Lipinski definition) is 4. The number of carbonyl (C=O) groups excluding carboxylic acids is 1. The molecule has 3 atom stereocenters. The quantitative estimate of drug-likeness (QED) is 0.464. The highest BCUT2D eigenvalue weighted by molar-refractivity contribution is 5.79. The Morgan fingerprint density at radius 3 is 2.38 bits per heavy atom. The van der Waals surface area contributed by atoms with Crippen molar-refractivity contribution in [2.75, 3.05) is 6.54 Å². The molecule has 1 amide bonds. The van der Waals surface area contributed by atoms with Crippen LogP contribution in [0, 0.1) is 5.92 Å². The molecule has 0 saturated heterocycles. The van der Waals surface area contributed by atoms with Crippen molar-refractivity contribution in [3.8, 4) is 0 Å². The zero-order chi connectivity index (χ0) is 12.7. The minimum atomic E-state index is -1.02. The average Bonchev–Trinajstić information content (AvgIpc) is 2.16. The molecule has 0 spiro atoms. The van der Waals surface area contributed by atoms with E-state index >= 15 is 0 Å². The van der Waals surface area contributed by atoms with E-state index in [1.807, 2.05) is 6.92 Å². The predicted octanol–water partition coefficient (Wildman–Crippen LogP) is -0.688. The standard InChI is InChI=1S/C10H20N2O4/c1-6(5-8(11)10(15)16)3-4-12-9(14)7(2)13/h6-8,13H,3-5,11H2,1-2H3,(H,12,14)(H,15,16)/t6?,7-,8-/m0/s1. The number of nitrogens with one attached hydrogen (secondary N) is 1. The Kier molecular flexibility index (Phi) is 6.67. The van der Waals surface area contributed by atoms with Gasteiger partial charge in [-0.25, -0.2) is 0 Å². The van der Waals surface area contributed by atoms with Crippen LogP contribution in [0.1, 0.15) is 26.7 Å². The average molecular weight is 232 g/mol. The van der Waals surface area contributed by atoms with E-state index in [-0.39, 0.29) is 5.92 Å². The van der Waals surface area contributed by atoms with Gasteiger partial charge in [-0.3, -0.25) is 9.59 Å². The molecule has 0 fully saturated rings. The van der Waals surface area contributed by atoms with Crippen molar-refractivity contribution in [2.24, 2.45) is 11.7 Å². The van der Waals surface area contributed by atoms with E-state index in [9.17, 15) is 9.59 Å². The van der Waals surface area contributed by atoms with E-state index in [1.54, 1.807) is 0 Å². The summed E-state index contributed by atoms with van der Waals surface area (Å²) in [4.78, 5) is 21.5. The van der Waals surface area contributed by atoms with Crippen LogP contribution in [-0.2, 0) is 9.59 Å². The number of aliphatic hydroxyl groups is 1. The molecule has 0 aliphatic carbocycles. The summed E-state index contributed by atoms with van der Waals surface area (Å²) in [6.07, 6.45) is -0.00384. The molecule has 0 aromatic carbocycles. The van der Waals surface area contributed by atoms with Crippen LogP contribution in [0.2, 0.25) is 0 Å². The fraction of sp³-hybridized carbons (Fsp3) is 0.800. The van der Waals surface area contributed by atoms with Crippen molar-refractivity contribution in [1.82, 2.24) is 5.32 Å². The number of amides is 1. The highest BCUT2D eigenvalue weighted by atomic mass is 16.4. The van der Waals surface area contributed by atoms with Gasteiger partial charge in [0.15, 0.2) is 0 Å². The molecule has 0 bridgehead atoms. The summed E-state index contributed by atoms with van der Waals surface area (Å²) >= 11 is 0. The normalized spacial score (nSPS) is 16.2. The summed E-state index contributed by atoms with van der Waals surface area (Å²) in [5.74, 6) is -1.32. The monoisotopic (exact) mass is 232 g/mol. The number of carbonyl (C=O) groups is 2. The van der Waals surface area contributed by atoms with Crippen molar-refractivity contribution in [2.45, 2.75) is 38.8 Å². The summed E-state index contributed by atoms with van der Waals surface area (Å²) in [5, 5.41) is 20.0. The van der Waals surface area contributed by atoms with Gasteiger partial charge in [-0.2, -0.15) is 0 Å². The van der Waals surface area contributed by atoms with Crippen molar-refractivity contribution < 1.29 is 19.8 Å².